The molecule has 0 aromatic carbocycles. The summed E-state index contributed by atoms with van der Waals surface area (Å²) in [4.78, 5) is 0. The zero-order chi connectivity index (χ0) is 4.99. The maximum absolute atomic E-state index is 4.12. The van der Waals surface area contributed by atoms with Gasteiger partial charge < -0.3 is 0 Å². The van der Waals surface area contributed by atoms with Gasteiger partial charge in [-0.15, -0.1) is 0 Å². The number of hydrogen-bond acceptors (Lipinski definition) is 1. The summed E-state index contributed by atoms with van der Waals surface area (Å²) in [6, 6.07) is 0. The lowest BCUT2D eigenvalue weighted by molar-refractivity contribution is 1.32. The molecule has 0 fully saturated rings. The third kappa shape index (κ3) is 4.41. The molecule has 6 heavy (non-hydrogen) atoms. The zero-order valence-corrected chi connectivity index (χ0v) is 5.20. The van der Waals surface area contributed by atoms with Gasteiger partial charge in [-0.3, -0.25) is 0 Å². The summed E-state index contributed by atoms with van der Waals surface area (Å²) in [5.74, 6) is 0. The molecule has 0 aliphatic carbocycles. The molecule has 0 aromatic rings. The molecule has 0 saturated carbocycles. The van der Waals surface area contributed by atoms with E-state index in [0.29, 0.717) is 5.15 Å². The van der Waals surface area contributed by atoms with Crippen LogP contribution in [0.1, 0.15) is 13.8 Å². The van der Waals surface area contributed by atoms with E-state index < -0.39 is 0 Å². The van der Waals surface area contributed by atoms with Crippen LogP contribution in [0.5, 0.6) is 0 Å². The Labute approximate surface area is 46.0 Å². The normalized spacial score (nSPS) is 13.8. The second-order valence-electron chi connectivity index (χ2n) is 1.38. The van der Waals surface area contributed by atoms with E-state index in [1.54, 1.807) is 0 Å². The van der Waals surface area contributed by atoms with Crippen LogP contribution in [0.15, 0.2) is 0 Å². The molecule has 0 N–H and O–H groups in total. The summed E-state index contributed by atoms with van der Waals surface area (Å²) in [6.07, 6.45) is 1.13. The zero-order valence-electron chi connectivity index (χ0n) is 4.31. The van der Waals surface area contributed by atoms with Gasteiger partial charge in [-0.05, 0) is 5.15 Å². The van der Waals surface area contributed by atoms with Gasteiger partial charge in [0, 0.05) is 0 Å². The Hall–Kier alpha value is 0.415. The minimum Gasteiger partial charge on any atom is -0.185 e. The lowest BCUT2D eigenvalue weighted by Crippen LogP contribution is -2.00. The molecule has 0 aromatic heterocycles. The molecule has 1 atom stereocenters. The number of hydrogen-bond donors (Lipinski definition) is 1. The third-order valence-corrected chi connectivity index (χ3v) is 0.788. The largest absolute Gasteiger partial charge is 0.185 e. The van der Waals surface area contributed by atoms with Crippen LogP contribution in [-0.2, 0) is 0 Å². The van der Waals surface area contributed by atoms with E-state index in [1.807, 2.05) is 0 Å². The molecule has 0 saturated heterocycles. The monoisotopic (exact) mass is 101 g/mol. The molecule has 35 valence electrons. The minimum absolute atomic E-state index is 0.468. The quantitative estimate of drug-likeness (QED) is 0.394. The van der Waals surface area contributed by atoms with Gasteiger partial charge in [0.1, 0.15) is 7.28 Å². The second kappa shape index (κ2) is 3.60. The average Bonchev–Trinajstić information content (AvgIpc) is 1.35. The van der Waals surface area contributed by atoms with E-state index in [9.17, 15) is 0 Å². The van der Waals surface area contributed by atoms with E-state index in [4.69, 9.17) is 0 Å². The summed E-state index contributed by atoms with van der Waals surface area (Å²) in [7, 11) is 2.16. The van der Waals surface area contributed by atoms with Crippen LogP contribution >= 0.6 is 12.6 Å². The summed E-state index contributed by atoms with van der Waals surface area (Å²) in [6.45, 7) is 4.18. The Balaban J connectivity index is 2.63. The maximum Gasteiger partial charge on any atom is 0.126 e. The van der Waals surface area contributed by atoms with Crippen LogP contribution in [0.2, 0.25) is 6.32 Å². The fourth-order valence-electron chi connectivity index (χ4n) is 0.341. The Morgan fingerprint density at radius 1 is 1.83 bits per heavy atom. The summed E-state index contributed by atoms with van der Waals surface area (Å²) in [5, 5.41) is 0.468. The van der Waals surface area contributed by atoms with Crippen LogP contribution in [0.25, 0.3) is 0 Å². The molecule has 0 rings (SSSR count). The highest BCUT2D eigenvalue weighted by Crippen LogP contribution is 1.90. The van der Waals surface area contributed by atoms with Crippen LogP contribution in [0.4, 0.5) is 0 Å². The average molecular weight is 101 g/mol. The van der Waals surface area contributed by atoms with Gasteiger partial charge >= 0.3 is 0 Å². The van der Waals surface area contributed by atoms with Gasteiger partial charge in [0.15, 0.2) is 0 Å². The molecule has 2 heteroatoms. The fraction of sp³-hybridized carbons (Fsp3) is 1.00. The van der Waals surface area contributed by atoms with Crippen molar-refractivity contribution in [3.63, 3.8) is 0 Å². The highest BCUT2D eigenvalue weighted by Gasteiger charge is 1.89. The first kappa shape index (κ1) is 6.41. The first-order valence-electron chi connectivity index (χ1n) is 2.28. The maximum atomic E-state index is 4.12. The van der Waals surface area contributed by atoms with E-state index in [0.717, 1.165) is 6.32 Å². The fourth-order valence-corrected chi connectivity index (χ4v) is 0.552. The molecule has 0 heterocycles. The molecule has 1 unspecified atom stereocenters. The van der Waals surface area contributed by atoms with Gasteiger partial charge in [-0.1, -0.05) is 20.2 Å². The van der Waals surface area contributed by atoms with Crippen molar-refractivity contribution in [1.82, 2.24) is 0 Å². The molecule has 1 radical (unpaired) electrons. The summed E-state index contributed by atoms with van der Waals surface area (Å²) < 4.78 is 0. The van der Waals surface area contributed by atoms with Crippen molar-refractivity contribution in [2.24, 2.45) is 0 Å². The van der Waals surface area contributed by atoms with Crippen LogP contribution in [0, 0.1) is 0 Å². The van der Waals surface area contributed by atoms with Gasteiger partial charge in [0.2, 0.25) is 0 Å². The molecule has 0 spiro atoms. The first-order valence-corrected chi connectivity index (χ1v) is 2.80. The van der Waals surface area contributed by atoms with Crippen molar-refractivity contribution in [3.8, 4) is 0 Å². The van der Waals surface area contributed by atoms with E-state index in [2.05, 4.69) is 33.8 Å². The standard InChI is InChI=1S/C4H10BS/c1-3-5-4(2)6/h4,6H,3H2,1-2H3. The smallest absolute Gasteiger partial charge is 0.126 e. The Bertz CT molecular complexity index is 28.7. The molecular formula is C4H10BS. The van der Waals surface area contributed by atoms with Crippen molar-refractivity contribution in [3.05, 3.63) is 0 Å². The predicted octanol–water partition coefficient (Wildman–Crippen LogP) is 1.40. The van der Waals surface area contributed by atoms with Gasteiger partial charge in [0.05, 0.1) is 0 Å². The Morgan fingerprint density at radius 3 is 2.33 bits per heavy atom. The van der Waals surface area contributed by atoms with Crippen molar-refractivity contribution in [1.29, 1.82) is 0 Å². The highest BCUT2D eigenvalue weighted by atomic mass is 32.1. The lowest BCUT2D eigenvalue weighted by atomic mass is 9.72. The third-order valence-electron chi connectivity index (χ3n) is 0.577. The van der Waals surface area contributed by atoms with Crippen molar-refractivity contribution < 1.29 is 0 Å². The molecule has 0 bridgehead atoms. The Kier molecular flexibility index (Phi) is 3.85. The minimum atomic E-state index is 0.468. The molecule has 0 aliphatic rings. The van der Waals surface area contributed by atoms with Gasteiger partial charge in [-0.2, -0.15) is 12.6 Å². The van der Waals surface area contributed by atoms with Crippen molar-refractivity contribution >= 4 is 19.9 Å². The lowest BCUT2D eigenvalue weighted by Gasteiger charge is -1.92. The number of rotatable bonds is 2. The van der Waals surface area contributed by atoms with Crippen LogP contribution < -0.4 is 0 Å². The van der Waals surface area contributed by atoms with Crippen LogP contribution in [-0.4, -0.2) is 12.4 Å². The molecule has 0 nitrogen and oxygen atoms in total. The SMILES string of the molecule is CC[B]C(C)S. The van der Waals surface area contributed by atoms with Gasteiger partial charge in [-0.25, -0.2) is 0 Å². The van der Waals surface area contributed by atoms with E-state index in [-0.39, 0.29) is 0 Å². The van der Waals surface area contributed by atoms with Crippen LogP contribution in [0.3, 0.4) is 0 Å². The first-order chi connectivity index (χ1) is 2.77. The highest BCUT2D eigenvalue weighted by molar-refractivity contribution is 7.82. The second-order valence-corrected chi connectivity index (χ2v) is 2.20. The Morgan fingerprint density at radius 2 is 2.33 bits per heavy atom. The van der Waals surface area contributed by atoms with E-state index in [1.165, 1.54) is 0 Å². The number of thiol groups is 1. The van der Waals surface area contributed by atoms with Crippen molar-refractivity contribution in [2.45, 2.75) is 25.3 Å². The molecule has 0 amide bonds. The topological polar surface area (TPSA) is 0 Å². The molecule has 0 aliphatic heterocycles. The molecular weight excluding hydrogens is 90.9 g/mol. The summed E-state index contributed by atoms with van der Waals surface area (Å²) >= 11 is 4.12. The van der Waals surface area contributed by atoms with E-state index >= 15 is 0 Å². The van der Waals surface area contributed by atoms with Crippen molar-refractivity contribution in [2.75, 3.05) is 0 Å². The predicted molar refractivity (Wildman–Crippen MR) is 34.7 cm³/mol. The summed E-state index contributed by atoms with van der Waals surface area (Å²) in [5.41, 5.74) is 0. The van der Waals surface area contributed by atoms with Gasteiger partial charge in [0.25, 0.3) is 0 Å².